The zero-order chi connectivity index (χ0) is 20.4. The maximum Gasteiger partial charge on any atom is 0.318 e. The van der Waals surface area contributed by atoms with E-state index in [1.165, 1.54) is 6.07 Å². The normalized spacial score (nSPS) is 14.5. The van der Waals surface area contributed by atoms with E-state index in [0.717, 1.165) is 11.1 Å². The van der Waals surface area contributed by atoms with Crippen molar-refractivity contribution in [1.29, 1.82) is 0 Å². The predicted molar refractivity (Wildman–Crippen MR) is 108 cm³/mol. The Balaban J connectivity index is 1.47. The van der Waals surface area contributed by atoms with Crippen LogP contribution in [0.5, 0.6) is 0 Å². The van der Waals surface area contributed by atoms with Gasteiger partial charge in [-0.3, -0.25) is 4.79 Å². The largest absolute Gasteiger partial charge is 0.408 e. The van der Waals surface area contributed by atoms with Crippen molar-refractivity contribution >= 4 is 11.9 Å². The van der Waals surface area contributed by atoms with E-state index in [1.807, 2.05) is 49.1 Å². The number of anilines is 1. The number of hydrogen-bond acceptors (Lipinski definition) is 5. The highest BCUT2D eigenvalue weighted by Gasteiger charge is 2.27. The molecule has 29 heavy (non-hydrogen) atoms. The van der Waals surface area contributed by atoms with Gasteiger partial charge in [-0.15, -0.1) is 5.10 Å². The lowest BCUT2D eigenvalue weighted by Gasteiger charge is -2.33. The number of piperazine rings is 1. The highest BCUT2D eigenvalue weighted by molar-refractivity contribution is 5.96. The van der Waals surface area contributed by atoms with E-state index in [-0.39, 0.29) is 17.4 Å². The zero-order valence-electron chi connectivity index (χ0n) is 16.5. The van der Waals surface area contributed by atoms with Crippen molar-refractivity contribution in [2.75, 3.05) is 31.1 Å². The van der Waals surface area contributed by atoms with Gasteiger partial charge in [-0.05, 0) is 23.3 Å². The summed E-state index contributed by atoms with van der Waals surface area (Å²) in [4.78, 5) is 16.6. The molecule has 0 bridgehead atoms. The average molecular weight is 394 g/mol. The molecule has 7 heteroatoms. The van der Waals surface area contributed by atoms with Gasteiger partial charge in [0.25, 0.3) is 5.91 Å². The third kappa shape index (κ3) is 3.99. The van der Waals surface area contributed by atoms with Crippen molar-refractivity contribution in [3.05, 3.63) is 65.8 Å². The number of carbonyl (C=O) groups excluding carboxylic acids is 1. The Labute approximate surface area is 169 Å². The molecule has 1 fully saturated rings. The van der Waals surface area contributed by atoms with Crippen LogP contribution in [0, 0.1) is 5.82 Å². The Kier molecular flexibility index (Phi) is 5.29. The molecule has 0 atom stereocenters. The van der Waals surface area contributed by atoms with E-state index in [9.17, 15) is 9.18 Å². The number of aromatic nitrogens is 2. The number of benzene rings is 2. The predicted octanol–water partition coefficient (Wildman–Crippen LogP) is 3.96. The second-order valence-electron chi connectivity index (χ2n) is 7.42. The first kappa shape index (κ1) is 19.1. The van der Waals surface area contributed by atoms with Gasteiger partial charge in [0.15, 0.2) is 0 Å². The van der Waals surface area contributed by atoms with Crippen molar-refractivity contribution < 1.29 is 13.6 Å². The first-order valence-electron chi connectivity index (χ1n) is 9.75. The molecule has 6 nitrogen and oxygen atoms in total. The SMILES string of the molecule is CC(C)c1nnc(N2CCN(C(=O)c3cc(-c4ccccc4)ccc3F)CC2)o1. The fourth-order valence-corrected chi connectivity index (χ4v) is 3.36. The molecule has 0 unspecified atom stereocenters. The van der Waals surface area contributed by atoms with Crippen LogP contribution in [0.3, 0.4) is 0 Å². The van der Waals surface area contributed by atoms with Crippen LogP contribution in [0.2, 0.25) is 0 Å². The van der Waals surface area contributed by atoms with Crippen molar-refractivity contribution in [2.24, 2.45) is 0 Å². The zero-order valence-corrected chi connectivity index (χ0v) is 16.5. The molecule has 4 rings (SSSR count). The van der Waals surface area contributed by atoms with Crippen molar-refractivity contribution in [2.45, 2.75) is 19.8 Å². The molecule has 1 aromatic heterocycles. The number of amides is 1. The second-order valence-corrected chi connectivity index (χ2v) is 7.42. The average Bonchev–Trinajstić information content (AvgIpc) is 3.25. The van der Waals surface area contributed by atoms with Crippen LogP contribution in [-0.4, -0.2) is 47.2 Å². The summed E-state index contributed by atoms with van der Waals surface area (Å²) in [5, 5.41) is 8.15. The maximum absolute atomic E-state index is 14.4. The molecule has 1 aliphatic heterocycles. The Hall–Kier alpha value is -3.22. The van der Waals surface area contributed by atoms with Crippen LogP contribution in [-0.2, 0) is 0 Å². The summed E-state index contributed by atoms with van der Waals surface area (Å²) in [6, 6.07) is 14.8. The number of halogens is 1. The third-order valence-corrected chi connectivity index (χ3v) is 5.07. The number of nitrogens with zero attached hydrogens (tertiary/aromatic N) is 4. The molecule has 0 radical (unpaired) electrons. The van der Waals surface area contributed by atoms with Gasteiger partial charge in [-0.2, -0.15) is 0 Å². The van der Waals surface area contributed by atoms with Gasteiger partial charge in [0.2, 0.25) is 5.89 Å². The first-order chi connectivity index (χ1) is 14.0. The summed E-state index contributed by atoms with van der Waals surface area (Å²) in [5.74, 6) is -0.0406. The number of hydrogen-bond donors (Lipinski definition) is 0. The van der Waals surface area contributed by atoms with Crippen molar-refractivity contribution in [3.63, 3.8) is 0 Å². The Morgan fingerprint density at radius 3 is 2.38 bits per heavy atom. The first-order valence-corrected chi connectivity index (χ1v) is 9.75. The van der Waals surface area contributed by atoms with Crippen LogP contribution in [0.25, 0.3) is 11.1 Å². The van der Waals surface area contributed by atoms with E-state index < -0.39 is 5.82 Å². The third-order valence-electron chi connectivity index (χ3n) is 5.07. The molecule has 0 N–H and O–H groups in total. The molecule has 1 saturated heterocycles. The highest BCUT2D eigenvalue weighted by Crippen LogP contribution is 2.24. The number of carbonyl (C=O) groups is 1. The summed E-state index contributed by atoms with van der Waals surface area (Å²) in [5.41, 5.74) is 1.87. The van der Waals surface area contributed by atoms with Gasteiger partial charge in [0.1, 0.15) is 5.82 Å². The van der Waals surface area contributed by atoms with E-state index in [0.29, 0.717) is 38.1 Å². The lowest BCUT2D eigenvalue weighted by Crippen LogP contribution is -2.49. The Bertz CT molecular complexity index is 995. The molecule has 1 aliphatic rings. The summed E-state index contributed by atoms with van der Waals surface area (Å²) in [7, 11) is 0. The summed E-state index contributed by atoms with van der Waals surface area (Å²) in [6.07, 6.45) is 0. The molecule has 150 valence electrons. The summed E-state index contributed by atoms with van der Waals surface area (Å²) in [6.45, 7) is 6.04. The van der Waals surface area contributed by atoms with Crippen LogP contribution in [0.4, 0.5) is 10.4 Å². The Morgan fingerprint density at radius 2 is 1.72 bits per heavy atom. The minimum Gasteiger partial charge on any atom is -0.408 e. The van der Waals surface area contributed by atoms with Gasteiger partial charge in [0, 0.05) is 32.1 Å². The van der Waals surface area contributed by atoms with E-state index in [2.05, 4.69) is 10.2 Å². The van der Waals surface area contributed by atoms with Crippen LogP contribution in [0.1, 0.15) is 36.0 Å². The Morgan fingerprint density at radius 1 is 1.00 bits per heavy atom. The molecular formula is C22H23FN4O2. The fourth-order valence-electron chi connectivity index (χ4n) is 3.36. The van der Waals surface area contributed by atoms with E-state index >= 15 is 0 Å². The summed E-state index contributed by atoms with van der Waals surface area (Å²) >= 11 is 0. The van der Waals surface area contributed by atoms with Gasteiger partial charge in [-0.25, -0.2) is 4.39 Å². The maximum atomic E-state index is 14.4. The molecule has 2 heterocycles. The summed E-state index contributed by atoms with van der Waals surface area (Å²) < 4.78 is 20.1. The molecule has 1 amide bonds. The molecule has 0 aliphatic carbocycles. The van der Waals surface area contributed by atoms with Gasteiger partial charge in [-0.1, -0.05) is 55.3 Å². The molecule has 3 aromatic rings. The minimum atomic E-state index is -0.504. The fraction of sp³-hybridized carbons (Fsp3) is 0.318. The van der Waals surface area contributed by atoms with Crippen molar-refractivity contribution in [1.82, 2.24) is 15.1 Å². The van der Waals surface area contributed by atoms with Crippen LogP contribution >= 0.6 is 0 Å². The molecule has 0 spiro atoms. The lowest BCUT2D eigenvalue weighted by atomic mass is 10.0. The molecule has 2 aromatic carbocycles. The smallest absolute Gasteiger partial charge is 0.318 e. The van der Waals surface area contributed by atoms with Gasteiger partial charge in [0.05, 0.1) is 5.56 Å². The van der Waals surface area contributed by atoms with E-state index in [4.69, 9.17) is 4.42 Å². The van der Waals surface area contributed by atoms with E-state index in [1.54, 1.807) is 17.0 Å². The van der Waals surface area contributed by atoms with Gasteiger partial charge < -0.3 is 14.2 Å². The lowest BCUT2D eigenvalue weighted by molar-refractivity contribution is 0.0740. The van der Waals surface area contributed by atoms with Gasteiger partial charge >= 0.3 is 6.01 Å². The monoisotopic (exact) mass is 394 g/mol. The van der Waals surface area contributed by atoms with Crippen LogP contribution < -0.4 is 4.90 Å². The molecule has 0 saturated carbocycles. The van der Waals surface area contributed by atoms with Crippen LogP contribution in [0.15, 0.2) is 52.9 Å². The topological polar surface area (TPSA) is 62.5 Å². The second kappa shape index (κ2) is 8.03. The van der Waals surface area contributed by atoms with Crippen molar-refractivity contribution in [3.8, 4) is 11.1 Å². The molecular weight excluding hydrogens is 371 g/mol. The quantitative estimate of drug-likeness (QED) is 0.670. The standard InChI is InChI=1S/C22H23FN4O2/c1-15(2)20-24-25-22(29-20)27-12-10-26(11-13-27)21(28)18-14-17(8-9-19(18)23)16-6-4-3-5-7-16/h3-9,14-15H,10-13H2,1-2H3. The highest BCUT2D eigenvalue weighted by atomic mass is 19.1. The number of rotatable bonds is 4. The minimum absolute atomic E-state index is 0.0969.